The average Bonchev–Trinajstić information content (AvgIpc) is 2.92. The average molecular weight is 473 g/mol. The minimum Gasteiger partial charge on any atom is -0.0654 e. The smallest absolute Gasteiger partial charge is 0.00214 e. The number of benzene rings is 2. The van der Waals surface area contributed by atoms with Gasteiger partial charge in [0, 0.05) is 0 Å². The van der Waals surface area contributed by atoms with Crippen molar-refractivity contribution in [2.75, 3.05) is 0 Å². The van der Waals surface area contributed by atoms with E-state index in [1.165, 1.54) is 119 Å². The second-order valence-electron chi connectivity index (χ2n) is 12.2. The quantitative estimate of drug-likeness (QED) is 0.305. The van der Waals surface area contributed by atoms with Gasteiger partial charge in [-0.3, -0.25) is 0 Å². The number of aryl methyl sites for hydroxylation is 1. The predicted octanol–water partition coefficient (Wildman–Crippen LogP) is 10.9. The molecule has 4 rings (SSSR count). The van der Waals surface area contributed by atoms with Crippen molar-refractivity contribution in [2.24, 2.45) is 17.8 Å². The number of hydrogen-bond acceptors (Lipinski definition) is 0. The molecule has 2 aliphatic carbocycles. The maximum Gasteiger partial charge on any atom is -0.00214 e. The maximum absolute atomic E-state index is 2.51. The summed E-state index contributed by atoms with van der Waals surface area (Å²) >= 11 is 0. The molecule has 2 fully saturated rings. The van der Waals surface area contributed by atoms with Crippen LogP contribution in [0.1, 0.15) is 128 Å². The summed E-state index contributed by atoms with van der Waals surface area (Å²) < 4.78 is 0. The van der Waals surface area contributed by atoms with Crippen LogP contribution in [0, 0.1) is 17.8 Å². The SMILES string of the molecule is CCCC[C@H]1CC[C@H](CCc2ccc(-c3ccc(C4(C(C)CCC)CCCCC4)cc3)cc2)CC1. The van der Waals surface area contributed by atoms with Crippen LogP contribution in [0.15, 0.2) is 48.5 Å². The summed E-state index contributed by atoms with van der Waals surface area (Å²) in [6.45, 7) is 7.19. The molecule has 35 heavy (non-hydrogen) atoms. The highest BCUT2D eigenvalue weighted by Crippen LogP contribution is 2.47. The fourth-order valence-electron chi connectivity index (χ4n) is 7.49. The highest BCUT2D eigenvalue weighted by molar-refractivity contribution is 5.64. The lowest BCUT2D eigenvalue weighted by Gasteiger charge is -2.43. The van der Waals surface area contributed by atoms with Crippen molar-refractivity contribution in [2.45, 2.75) is 129 Å². The van der Waals surface area contributed by atoms with Crippen LogP contribution in [-0.2, 0) is 11.8 Å². The topological polar surface area (TPSA) is 0 Å². The van der Waals surface area contributed by atoms with Crippen molar-refractivity contribution < 1.29 is 0 Å². The van der Waals surface area contributed by atoms with Crippen molar-refractivity contribution in [3.05, 3.63) is 59.7 Å². The second-order valence-corrected chi connectivity index (χ2v) is 12.2. The van der Waals surface area contributed by atoms with E-state index in [2.05, 4.69) is 69.3 Å². The Labute approximate surface area is 217 Å². The molecule has 0 aliphatic heterocycles. The highest BCUT2D eigenvalue weighted by atomic mass is 14.4. The number of hydrogen-bond donors (Lipinski definition) is 0. The third kappa shape index (κ3) is 6.81. The standard InChI is InChI=1S/C35H52/c1-4-6-11-29-12-14-30(15-13-29)16-17-31-18-20-32(21-19-31)33-22-24-34(25-23-33)35(28(3)10-5-2)26-8-7-9-27-35/h18-25,28-30H,4-17,26-27H2,1-3H3/t28?,29-,30-. The van der Waals surface area contributed by atoms with Gasteiger partial charge in [0.1, 0.15) is 0 Å². The van der Waals surface area contributed by atoms with Crippen molar-refractivity contribution in [3.63, 3.8) is 0 Å². The van der Waals surface area contributed by atoms with Gasteiger partial charge in [-0.2, -0.15) is 0 Å². The Bertz CT molecular complexity index is 844. The third-order valence-electron chi connectivity index (χ3n) is 9.93. The van der Waals surface area contributed by atoms with Crippen molar-refractivity contribution in [1.82, 2.24) is 0 Å². The Hall–Kier alpha value is -1.56. The maximum atomic E-state index is 2.51. The summed E-state index contributed by atoms with van der Waals surface area (Å²) in [7, 11) is 0. The molecule has 1 atom stereocenters. The molecule has 0 aromatic heterocycles. The molecule has 2 aliphatic rings. The molecule has 0 amide bonds. The van der Waals surface area contributed by atoms with E-state index in [4.69, 9.17) is 0 Å². The van der Waals surface area contributed by atoms with Gasteiger partial charge >= 0.3 is 0 Å². The second kappa shape index (κ2) is 13.1. The lowest BCUT2D eigenvalue weighted by atomic mass is 9.61. The molecule has 0 spiro atoms. The summed E-state index contributed by atoms with van der Waals surface area (Å²) in [6, 6.07) is 19.2. The predicted molar refractivity (Wildman–Crippen MR) is 154 cm³/mol. The summed E-state index contributed by atoms with van der Waals surface area (Å²) in [6.07, 6.45) is 22.4. The Morgan fingerprint density at radius 3 is 1.86 bits per heavy atom. The molecule has 0 heteroatoms. The largest absolute Gasteiger partial charge is 0.0654 e. The molecule has 0 N–H and O–H groups in total. The van der Waals surface area contributed by atoms with Crippen LogP contribution in [0.2, 0.25) is 0 Å². The molecular weight excluding hydrogens is 420 g/mol. The minimum atomic E-state index is 0.409. The Morgan fingerprint density at radius 1 is 0.714 bits per heavy atom. The molecule has 2 aromatic rings. The fraction of sp³-hybridized carbons (Fsp3) is 0.657. The molecule has 0 heterocycles. The summed E-state index contributed by atoms with van der Waals surface area (Å²) in [5, 5.41) is 0. The van der Waals surface area contributed by atoms with Crippen molar-refractivity contribution in [1.29, 1.82) is 0 Å². The molecule has 0 saturated heterocycles. The van der Waals surface area contributed by atoms with Crippen molar-refractivity contribution in [3.8, 4) is 11.1 Å². The van der Waals surface area contributed by atoms with Crippen LogP contribution in [0.3, 0.4) is 0 Å². The van der Waals surface area contributed by atoms with Crippen LogP contribution in [0.25, 0.3) is 11.1 Å². The molecule has 2 aromatic carbocycles. The third-order valence-corrected chi connectivity index (χ3v) is 9.93. The minimum absolute atomic E-state index is 0.409. The molecule has 192 valence electrons. The van der Waals surface area contributed by atoms with Gasteiger partial charge in [-0.1, -0.05) is 146 Å². The van der Waals surface area contributed by atoms with Crippen LogP contribution >= 0.6 is 0 Å². The van der Waals surface area contributed by atoms with E-state index in [0.717, 1.165) is 17.8 Å². The van der Waals surface area contributed by atoms with E-state index in [1.54, 1.807) is 5.56 Å². The van der Waals surface area contributed by atoms with Crippen LogP contribution in [-0.4, -0.2) is 0 Å². The fourth-order valence-corrected chi connectivity index (χ4v) is 7.49. The van der Waals surface area contributed by atoms with E-state index in [0.29, 0.717) is 5.41 Å². The Balaban J connectivity index is 1.33. The first-order valence-electron chi connectivity index (χ1n) is 15.3. The van der Waals surface area contributed by atoms with E-state index in [-0.39, 0.29) is 0 Å². The van der Waals surface area contributed by atoms with Gasteiger partial charge in [0.2, 0.25) is 0 Å². The normalized spacial score (nSPS) is 23.2. The summed E-state index contributed by atoms with van der Waals surface area (Å²) in [5.41, 5.74) is 6.28. The van der Waals surface area contributed by atoms with E-state index in [9.17, 15) is 0 Å². The zero-order valence-corrected chi connectivity index (χ0v) is 23.2. The molecular formula is C35H52. The molecule has 0 bridgehead atoms. The van der Waals surface area contributed by atoms with E-state index < -0.39 is 0 Å². The van der Waals surface area contributed by atoms with Gasteiger partial charge in [0.15, 0.2) is 0 Å². The van der Waals surface area contributed by atoms with Crippen LogP contribution in [0.5, 0.6) is 0 Å². The first-order valence-corrected chi connectivity index (χ1v) is 15.3. The van der Waals surface area contributed by atoms with Crippen LogP contribution < -0.4 is 0 Å². The number of unbranched alkanes of at least 4 members (excludes halogenated alkanes) is 1. The zero-order chi connectivity index (χ0) is 24.5. The summed E-state index contributed by atoms with van der Waals surface area (Å²) in [5.74, 6) is 2.77. The lowest BCUT2D eigenvalue weighted by Crippen LogP contribution is -2.36. The Kier molecular flexibility index (Phi) is 9.93. The molecule has 0 nitrogen and oxygen atoms in total. The Morgan fingerprint density at radius 2 is 1.29 bits per heavy atom. The highest BCUT2D eigenvalue weighted by Gasteiger charge is 2.38. The first kappa shape index (κ1) is 26.5. The van der Waals surface area contributed by atoms with Gasteiger partial charge in [0.05, 0.1) is 0 Å². The zero-order valence-electron chi connectivity index (χ0n) is 23.2. The number of rotatable bonds is 11. The van der Waals surface area contributed by atoms with Crippen molar-refractivity contribution >= 4 is 0 Å². The first-order chi connectivity index (χ1) is 17.1. The summed E-state index contributed by atoms with van der Waals surface area (Å²) in [4.78, 5) is 0. The van der Waals surface area contributed by atoms with Gasteiger partial charge in [-0.05, 0) is 71.1 Å². The molecule has 0 radical (unpaired) electrons. The lowest BCUT2D eigenvalue weighted by molar-refractivity contribution is 0.192. The van der Waals surface area contributed by atoms with Crippen LogP contribution in [0.4, 0.5) is 0 Å². The monoisotopic (exact) mass is 472 g/mol. The van der Waals surface area contributed by atoms with Gasteiger partial charge in [-0.25, -0.2) is 0 Å². The molecule has 1 unspecified atom stereocenters. The van der Waals surface area contributed by atoms with Gasteiger partial charge in [-0.15, -0.1) is 0 Å². The van der Waals surface area contributed by atoms with Gasteiger partial charge in [0.25, 0.3) is 0 Å². The van der Waals surface area contributed by atoms with E-state index in [1.807, 2.05) is 0 Å². The van der Waals surface area contributed by atoms with E-state index >= 15 is 0 Å². The van der Waals surface area contributed by atoms with Gasteiger partial charge < -0.3 is 0 Å². The molecule has 2 saturated carbocycles.